The van der Waals surface area contributed by atoms with E-state index in [0.717, 1.165) is 71.8 Å². The van der Waals surface area contributed by atoms with E-state index in [0.29, 0.717) is 25.3 Å². The first kappa shape index (κ1) is 43.0. The molecule has 1 aliphatic heterocycles. The minimum Gasteiger partial charge on any atom is -0.378 e. The molecule has 0 spiro atoms. The van der Waals surface area contributed by atoms with E-state index >= 15 is 0 Å². The molecule has 4 unspecified atom stereocenters. The number of nitrogens with zero attached hydrogens (tertiary/aromatic N) is 5. The van der Waals surface area contributed by atoms with Gasteiger partial charge in [0, 0.05) is 55.9 Å². The smallest absolute Gasteiger partial charge is 0.274 e. The van der Waals surface area contributed by atoms with Crippen LogP contribution in [0.25, 0.3) is 16.5 Å². The Morgan fingerprint density at radius 1 is 1.21 bits per heavy atom. The Bertz CT molecular complexity index is 1700. The second-order valence-corrected chi connectivity index (χ2v) is 13.8. The number of H-pyrrole nitrogens is 1. The van der Waals surface area contributed by atoms with Crippen molar-refractivity contribution >= 4 is 37.4 Å². The predicted molar refractivity (Wildman–Crippen MR) is 224 cm³/mol. The Morgan fingerprint density at radius 2 is 1.96 bits per heavy atom. The van der Waals surface area contributed by atoms with E-state index in [1.165, 1.54) is 25.3 Å². The number of aromatic amines is 1. The Kier molecular flexibility index (Phi) is 18.2. The van der Waals surface area contributed by atoms with Gasteiger partial charge in [-0.1, -0.05) is 84.8 Å². The lowest BCUT2D eigenvalue weighted by Gasteiger charge is -2.39. The van der Waals surface area contributed by atoms with Crippen molar-refractivity contribution in [3.8, 4) is 0 Å². The average Bonchev–Trinajstić information content (AvgIpc) is 3.63. The number of aromatic nitrogens is 2. The van der Waals surface area contributed by atoms with Crippen molar-refractivity contribution in [2.45, 2.75) is 92.8 Å². The Morgan fingerprint density at radius 3 is 2.60 bits per heavy atom. The lowest BCUT2D eigenvalue weighted by molar-refractivity contribution is -0.00935. The molecule has 2 fully saturated rings. The molecule has 0 bridgehead atoms. The normalized spacial score (nSPS) is 21.3. The van der Waals surface area contributed by atoms with Gasteiger partial charge in [-0.05, 0) is 68.1 Å². The van der Waals surface area contributed by atoms with Gasteiger partial charge in [0.15, 0.2) is 0 Å². The quantitative estimate of drug-likeness (QED) is 0.102. The van der Waals surface area contributed by atoms with Gasteiger partial charge >= 0.3 is 0 Å². The third-order valence-electron chi connectivity index (χ3n) is 9.84. The number of morpholine rings is 1. The molecule has 2 aliphatic carbocycles. The summed E-state index contributed by atoms with van der Waals surface area (Å²) in [6.07, 6.45) is 22.3. The number of guanidine groups is 1. The molecule has 5 rings (SSSR count). The highest BCUT2D eigenvalue weighted by Crippen LogP contribution is 2.31. The fourth-order valence-electron chi connectivity index (χ4n) is 6.74. The number of nitrogens with one attached hydrogen (secondary N) is 1. The number of aliphatic imine (C=N–C) groups is 2. The molecule has 3 aliphatic rings. The highest BCUT2D eigenvalue weighted by atomic mass is 31.0. The number of pyridine rings is 1. The summed E-state index contributed by atoms with van der Waals surface area (Å²) in [5.74, 6) is 1.10. The van der Waals surface area contributed by atoms with Gasteiger partial charge in [0.1, 0.15) is 17.5 Å². The van der Waals surface area contributed by atoms with Gasteiger partial charge in [-0.3, -0.25) is 9.69 Å². The highest BCUT2D eigenvalue weighted by molar-refractivity contribution is 7.16. The van der Waals surface area contributed by atoms with Gasteiger partial charge in [0.05, 0.1) is 25.0 Å². The molecule has 52 heavy (non-hydrogen) atoms. The molecule has 286 valence electrons. The molecule has 0 aromatic carbocycles. The largest absolute Gasteiger partial charge is 0.378 e. The maximum Gasteiger partial charge on any atom is 0.274 e. The standard InChI is InChI=1S/C38H52FN6O2P.2C2H6/c1-6-30(12-11-27(3)39)35-25-47-21-20-45(35)28(4)41-38(44(18-8-22-48)19-16-29-9-7-10-29)42-34-14-13-31(23-26(34)2)33-24-43(5)37(46)36-32(33)15-17-40-36;2*1-2/h6,11-15,17,23-24,26,28-29,35,40H,3,7-10,16,18-22,25,48H2,1-2,4-5H3;2*1-2H3/b12-11-,30-6+,41-38+,42-34-;;. The van der Waals surface area contributed by atoms with Gasteiger partial charge in [-0.2, -0.15) is 0 Å². The summed E-state index contributed by atoms with van der Waals surface area (Å²) in [4.78, 5) is 31.2. The van der Waals surface area contributed by atoms with Crippen molar-refractivity contribution < 1.29 is 9.13 Å². The minimum atomic E-state index is -0.473. The molecule has 0 radical (unpaired) electrons. The van der Waals surface area contributed by atoms with E-state index < -0.39 is 5.83 Å². The van der Waals surface area contributed by atoms with Crippen LogP contribution >= 0.6 is 9.24 Å². The number of rotatable bonds is 12. The molecule has 0 amide bonds. The maximum atomic E-state index is 13.6. The first-order valence-corrected chi connectivity index (χ1v) is 20.2. The van der Waals surface area contributed by atoms with E-state index in [1.54, 1.807) is 17.7 Å². The fraction of sp³-hybridized carbons (Fsp3) is 0.548. The molecular formula is C42H64FN6O2P. The van der Waals surface area contributed by atoms with Crippen molar-refractivity contribution in [1.29, 1.82) is 0 Å². The van der Waals surface area contributed by atoms with Crippen LogP contribution in [0.2, 0.25) is 0 Å². The number of hydrogen-bond acceptors (Lipinski definition) is 4. The number of hydrogen-bond donors (Lipinski definition) is 1. The van der Waals surface area contributed by atoms with Crippen molar-refractivity contribution in [2.75, 3.05) is 39.0 Å². The summed E-state index contributed by atoms with van der Waals surface area (Å²) < 4.78 is 21.1. The zero-order valence-corrected chi connectivity index (χ0v) is 34.2. The molecule has 1 saturated heterocycles. The average molecular weight is 735 g/mol. The summed E-state index contributed by atoms with van der Waals surface area (Å²) in [5.41, 5.74) is 4.59. The Hall–Kier alpha value is -3.39. The summed E-state index contributed by atoms with van der Waals surface area (Å²) in [5, 5.41) is 0.920. The molecule has 1 saturated carbocycles. The second-order valence-electron chi connectivity index (χ2n) is 13.2. The summed E-state index contributed by atoms with van der Waals surface area (Å²) >= 11 is 0. The third-order valence-corrected chi connectivity index (χ3v) is 10.2. The van der Waals surface area contributed by atoms with E-state index in [-0.39, 0.29) is 23.7 Å². The predicted octanol–water partition coefficient (Wildman–Crippen LogP) is 9.10. The summed E-state index contributed by atoms with van der Waals surface area (Å²) in [6.45, 7) is 21.3. The third kappa shape index (κ3) is 11.3. The van der Waals surface area contributed by atoms with Crippen LogP contribution in [-0.2, 0) is 11.8 Å². The van der Waals surface area contributed by atoms with Crippen molar-refractivity contribution in [1.82, 2.24) is 19.4 Å². The van der Waals surface area contributed by atoms with Crippen LogP contribution in [0.3, 0.4) is 0 Å². The molecule has 8 nitrogen and oxygen atoms in total. The molecule has 3 heterocycles. The summed E-state index contributed by atoms with van der Waals surface area (Å²) in [6, 6.07) is 1.91. The van der Waals surface area contributed by atoms with Gasteiger partial charge < -0.3 is 19.2 Å². The Labute approximate surface area is 314 Å². The second kappa shape index (κ2) is 22.0. The van der Waals surface area contributed by atoms with Crippen LogP contribution in [0.4, 0.5) is 4.39 Å². The number of aryl methyl sites for hydroxylation is 1. The topological polar surface area (TPSA) is 78.2 Å². The van der Waals surface area contributed by atoms with Gasteiger partial charge in [-0.15, -0.1) is 9.24 Å². The van der Waals surface area contributed by atoms with Crippen LogP contribution in [0, 0.1) is 11.8 Å². The van der Waals surface area contributed by atoms with Crippen LogP contribution in [0.1, 0.15) is 86.1 Å². The van der Waals surface area contributed by atoms with Crippen molar-refractivity contribution in [3.05, 3.63) is 88.8 Å². The first-order valence-electron chi connectivity index (χ1n) is 19.4. The SMILES string of the molecule is C=C(F)/C=C\C(=C/C)C1COCCN1C(C)/N=C(\N=C1\C=CC(c2cn(C)c(=O)c3[nH]ccc23)=CC1C)N(CCCP)CCC1CCC1.CC.CC. The van der Waals surface area contributed by atoms with Crippen molar-refractivity contribution in [3.63, 3.8) is 0 Å². The lowest BCUT2D eigenvalue weighted by atomic mass is 9.83. The van der Waals surface area contributed by atoms with Gasteiger partial charge in [-0.25, -0.2) is 14.4 Å². The monoisotopic (exact) mass is 734 g/mol. The van der Waals surface area contributed by atoms with E-state index in [1.807, 2.05) is 59.2 Å². The first-order chi connectivity index (χ1) is 25.2. The van der Waals surface area contributed by atoms with Crippen LogP contribution in [0.15, 0.2) is 87.7 Å². The summed E-state index contributed by atoms with van der Waals surface area (Å²) in [7, 11) is 4.65. The number of fused-ring (bicyclic) bond motifs is 1. The highest BCUT2D eigenvalue weighted by Gasteiger charge is 2.30. The van der Waals surface area contributed by atoms with E-state index in [9.17, 15) is 9.18 Å². The molecule has 1 N–H and O–H groups in total. The number of allylic oxidation sites excluding steroid dienone is 7. The van der Waals surface area contributed by atoms with Crippen molar-refractivity contribution in [2.24, 2.45) is 28.9 Å². The van der Waals surface area contributed by atoms with Gasteiger partial charge in [0.2, 0.25) is 5.96 Å². The van der Waals surface area contributed by atoms with E-state index in [2.05, 4.69) is 62.7 Å². The minimum absolute atomic E-state index is 0.0372. The zero-order chi connectivity index (χ0) is 38.2. The van der Waals surface area contributed by atoms with E-state index in [4.69, 9.17) is 14.7 Å². The Balaban J connectivity index is 0.00000176. The fourth-order valence-corrected chi connectivity index (χ4v) is 6.93. The molecule has 4 atom stereocenters. The van der Waals surface area contributed by atoms with Crippen LogP contribution in [0.5, 0.6) is 0 Å². The maximum absolute atomic E-state index is 13.6. The van der Waals surface area contributed by atoms with Crippen LogP contribution in [-0.4, -0.2) is 82.2 Å². The van der Waals surface area contributed by atoms with Crippen LogP contribution < -0.4 is 5.56 Å². The zero-order valence-electron chi connectivity index (χ0n) is 33.0. The molecule has 10 heteroatoms. The molecule has 2 aromatic rings. The number of ether oxygens (including phenoxy) is 1. The molecule has 2 aromatic heterocycles. The lowest BCUT2D eigenvalue weighted by Crippen LogP contribution is -2.50. The van der Waals surface area contributed by atoms with Gasteiger partial charge in [0.25, 0.3) is 5.56 Å². The molecular weight excluding hydrogens is 670 g/mol. The number of halogens is 1.